The van der Waals surface area contributed by atoms with Crippen molar-refractivity contribution in [1.82, 2.24) is 15.0 Å². The molecule has 0 aliphatic heterocycles. The van der Waals surface area contributed by atoms with Gasteiger partial charge in [0.2, 0.25) is 0 Å². The van der Waals surface area contributed by atoms with Crippen molar-refractivity contribution in [1.29, 1.82) is 0 Å². The van der Waals surface area contributed by atoms with Crippen LogP contribution in [0.5, 0.6) is 0 Å². The summed E-state index contributed by atoms with van der Waals surface area (Å²) in [5, 5.41) is 17.8. The first kappa shape index (κ1) is 12.3. The maximum atomic E-state index is 9.99. The van der Waals surface area contributed by atoms with Crippen LogP contribution in [0.4, 0.5) is 0 Å². The van der Waals surface area contributed by atoms with Crippen LogP contribution >= 0.6 is 15.9 Å². The largest absolute Gasteiger partial charge is 0.392 e. The van der Waals surface area contributed by atoms with Crippen molar-refractivity contribution in [3.63, 3.8) is 0 Å². The van der Waals surface area contributed by atoms with Crippen molar-refractivity contribution in [3.8, 4) is 0 Å². The van der Waals surface area contributed by atoms with E-state index in [9.17, 15) is 5.11 Å². The first-order valence-electron chi connectivity index (χ1n) is 5.42. The zero-order chi connectivity index (χ0) is 12.3. The highest BCUT2D eigenvalue weighted by Crippen LogP contribution is 2.18. The van der Waals surface area contributed by atoms with Crippen LogP contribution in [0.1, 0.15) is 11.3 Å². The summed E-state index contributed by atoms with van der Waals surface area (Å²) in [6.45, 7) is 0. The van der Waals surface area contributed by atoms with Crippen LogP contribution < -0.4 is 0 Å². The highest BCUT2D eigenvalue weighted by atomic mass is 79.9. The van der Waals surface area contributed by atoms with E-state index in [-0.39, 0.29) is 0 Å². The van der Waals surface area contributed by atoms with E-state index in [0.29, 0.717) is 12.8 Å². The first-order chi connectivity index (χ1) is 8.15. The highest BCUT2D eigenvalue weighted by molar-refractivity contribution is 9.10. The fraction of sp³-hybridized carbons (Fsp3) is 0.333. The lowest BCUT2D eigenvalue weighted by Crippen LogP contribution is -2.14. The van der Waals surface area contributed by atoms with Crippen LogP contribution in [0.15, 0.2) is 34.9 Å². The van der Waals surface area contributed by atoms with Gasteiger partial charge in [0.25, 0.3) is 0 Å². The smallest absolute Gasteiger partial charge is 0.0852 e. The Bertz CT molecular complexity index is 498. The van der Waals surface area contributed by atoms with Gasteiger partial charge in [0, 0.05) is 24.1 Å². The number of hydrogen-bond acceptors (Lipinski definition) is 3. The number of aromatic nitrogens is 3. The average Bonchev–Trinajstić information content (AvgIpc) is 2.67. The van der Waals surface area contributed by atoms with E-state index >= 15 is 0 Å². The molecular weight excluding hydrogens is 282 g/mol. The molecule has 1 N–H and O–H groups in total. The second kappa shape index (κ2) is 5.42. The molecule has 1 unspecified atom stereocenters. The molecule has 2 aromatic rings. The fourth-order valence-corrected chi connectivity index (χ4v) is 2.17. The van der Waals surface area contributed by atoms with Crippen molar-refractivity contribution in [2.24, 2.45) is 7.05 Å². The Morgan fingerprint density at radius 2 is 2.12 bits per heavy atom. The summed E-state index contributed by atoms with van der Waals surface area (Å²) in [5.41, 5.74) is 1.91. The van der Waals surface area contributed by atoms with Gasteiger partial charge < -0.3 is 5.11 Å². The van der Waals surface area contributed by atoms with Crippen LogP contribution in [0.3, 0.4) is 0 Å². The molecule has 0 aliphatic carbocycles. The van der Waals surface area contributed by atoms with Crippen molar-refractivity contribution >= 4 is 15.9 Å². The second-order valence-corrected chi connectivity index (χ2v) is 4.89. The van der Waals surface area contributed by atoms with Gasteiger partial charge >= 0.3 is 0 Å². The van der Waals surface area contributed by atoms with Gasteiger partial charge in [0.15, 0.2) is 0 Å². The van der Waals surface area contributed by atoms with Crippen molar-refractivity contribution in [3.05, 3.63) is 46.2 Å². The lowest BCUT2D eigenvalue weighted by molar-refractivity contribution is 0.174. The number of aliphatic hydroxyl groups is 1. The zero-order valence-corrected chi connectivity index (χ0v) is 11.1. The van der Waals surface area contributed by atoms with E-state index in [0.717, 1.165) is 15.7 Å². The molecule has 90 valence electrons. The normalized spacial score (nSPS) is 12.6. The Morgan fingerprint density at radius 1 is 1.35 bits per heavy atom. The van der Waals surface area contributed by atoms with E-state index in [1.165, 1.54) is 0 Å². The number of aliphatic hydroxyl groups excluding tert-OH is 1. The Hall–Kier alpha value is -1.20. The maximum Gasteiger partial charge on any atom is 0.0852 e. The molecule has 4 nitrogen and oxygen atoms in total. The summed E-state index contributed by atoms with van der Waals surface area (Å²) >= 11 is 3.47. The van der Waals surface area contributed by atoms with E-state index in [2.05, 4.69) is 26.2 Å². The molecule has 0 saturated heterocycles. The minimum Gasteiger partial charge on any atom is -0.392 e. The summed E-state index contributed by atoms with van der Waals surface area (Å²) in [6, 6.07) is 7.91. The number of rotatable bonds is 4. The topological polar surface area (TPSA) is 50.9 Å². The van der Waals surface area contributed by atoms with Crippen molar-refractivity contribution in [2.75, 3.05) is 0 Å². The first-order valence-corrected chi connectivity index (χ1v) is 6.21. The monoisotopic (exact) mass is 295 g/mol. The molecule has 0 bridgehead atoms. The van der Waals surface area contributed by atoms with Gasteiger partial charge in [-0.1, -0.05) is 39.3 Å². The predicted molar refractivity (Wildman–Crippen MR) is 68.6 cm³/mol. The van der Waals surface area contributed by atoms with Gasteiger partial charge in [-0.25, -0.2) is 0 Å². The van der Waals surface area contributed by atoms with Crippen LogP contribution in [0.2, 0.25) is 0 Å². The molecular formula is C12H14BrN3O. The molecule has 0 fully saturated rings. The summed E-state index contributed by atoms with van der Waals surface area (Å²) in [6.07, 6.45) is 2.52. The average molecular weight is 296 g/mol. The minimum absolute atomic E-state index is 0.439. The molecule has 0 amide bonds. The van der Waals surface area contributed by atoms with E-state index < -0.39 is 6.10 Å². The number of aryl methyl sites for hydroxylation is 1. The molecule has 1 heterocycles. The molecule has 1 atom stereocenters. The Balaban J connectivity index is 1.98. The Kier molecular flexibility index (Phi) is 3.91. The lowest BCUT2D eigenvalue weighted by Gasteiger charge is -2.10. The molecule has 5 heteroatoms. The van der Waals surface area contributed by atoms with Gasteiger partial charge in [-0.15, -0.1) is 5.10 Å². The standard InChI is InChI=1S/C12H14BrN3O/c1-16-8-10(14-15-16)7-11(17)6-9-4-2-3-5-12(9)13/h2-5,8,11,17H,6-7H2,1H3. The minimum atomic E-state index is -0.439. The number of halogens is 1. The second-order valence-electron chi connectivity index (χ2n) is 4.04. The van der Waals surface area contributed by atoms with Crippen LogP contribution in [0, 0.1) is 0 Å². The van der Waals surface area contributed by atoms with E-state index in [1.54, 1.807) is 4.68 Å². The number of hydrogen-bond donors (Lipinski definition) is 1. The summed E-state index contributed by atoms with van der Waals surface area (Å²) in [5.74, 6) is 0. The van der Waals surface area contributed by atoms with E-state index in [4.69, 9.17) is 0 Å². The zero-order valence-electron chi connectivity index (χ0n) is 9.55. The third-order valence-electron chi connectivity index (χ3n) is 2.51. The molecule has 0 saturated carbocycles. The molecule has 0 aliphatic rings. The summed E-state index contributed by atoms with van der Waals surface area (Å²) < 4.78 is 2.67. The van der Waals surface area contributed by atoms with Crippen LogP contribution in [-0.2, 0) is 19.9 Å². The lowest BCUT2D eigenvalue weighted by atomic mass is 10.0. The van der Waals surface area contributed by atoms with Gasteiger partial charge in [-0.05, 0) is 18.1 Å². The summed E-state index contributed by atoms with van der Waals surface area (Å²) in [4.78, 5) is 0. The number of benzene rings is 1. The van der Waals surface area contributed by atoms with Gasteiger partial charge in [-0.2, -0.15) is 0 Å². The Labute approximate surface area is 108 Å². The van der Waals surface area contributed by atoms with E-state index in [1.807, 2.05) is 37.5 Å². The van der Waals surface area contributed by atoms with Crippen LogP contribution in [-0.4, -0.2) is 26.2 Å². The predicted octanol–water partition coefficient (Wildman–Crippen LogP) is 1.72. The third-order valence-corrected chi connectivity index (χ3v) is 3.28. The molecule has 0 radical (unpaired) electrons. The van der Waals surface area contributed by atoms with Gasteiger partial charge in [-0.3, -0.25) is 4.68 Å². The van der Waals surface area contributed by atoms with Gasteiger partial charge in [0.05, 0.1) is 11.8 Å². The molecule has 17 heavy (non-hydrogen) atoms. The molecule has 0 spiro atoms. The molecule has 1 aromatic heterocycles. The maximum absolute atomic E-state index is 9.99. The van der Waals surface area contributed by atoms with Crippen LogP contribution in [0.25, 0.3) is 0 Å². The van der Waals surface area contributed by atoms with Gasteiger partial charge in [0.1, 0.15) is 0 Å². The molecule has 1 aromatic carbocycles. The molecule has 2 rings (SSSR count). The van der Waals surface area contributed by atoms with Crippen molar-refractivity contribution < 1.29 is 5.11 Å². The fourth-order valence-electron chi connectivity index (χ4n) is 1.72. The SMILES string of the molecule is Cn1cc(CC(O)Cc2ccccc2Br)nn1. The highest BCUT2D eigenvalue weighted by Gasteiger charge is 2.10. The summed E-state index contributed by atoms with van der Waals surface area (Å²) in [7, 11) is 1.82. The third kappa shape index (κ3) is 3.38. The number of nitrogens with zero attached hydrogens (tertiary/aromatic N) is 3. The Morgan fingerprint density at radius 3 is 2.76 bits per heavy atom. The quantitative estimate of drug-likeness (QED) is 0.934. The van der Waals surface area contributed by atoms with Crippen molar-refractivity contribution in [2.45, 2.75) is 18.9 Å².